The SMILES string of the molecule is Cc1cc(-c2ccc([N+](=O)[O-])cc2)sc1-c1ccccc1. The normalized spacial score (nSPS) is 10.5. The fraction of sp³-hybridized carbons (Fsp3) is 0.0588. The molecule has 104 valence electrons. The van der Waals surface area contributed by atoms with E-state index in [0.717, 1.165) is 10.4 Å². The molecular weight excluding hydrogens is 282 g/mol. The Kier molecular flexibility index (Phi) is 3.54. The lowest BCUT2D eigenvalue weighted by atomic mass is 10.1. The second kappa shape index (κ2) is 5.50. The minimum absolute atomic E-state index is 0.121. The number of hydrogen-bond donors (Lipinski definition) is 0. The molecule has 0 fully saturated rings. The molecule has 0 saturated carbocycles. The lowest BCUT2D eigenvalue weighted by Crippen LogP contribution is -1.86. The zero-order chi connectivity index (χ0) is 14.8. The molecular formula is C17H13NO2S. The van der Waals surface area contributed by atoms with Gasteiger partial charge in [-0.3, -0.25) is 10.1 Å². The van der Waals surface area contributed by atoms with E-state index in [2.05, 4.69) is 25.1 Å². The van der Waals surface area contributed by atoms with Gasteiger partial charge in [-0.15, -0.1) is 11.3 Å². The number of rotatable bonds is 3. The van der Waals surface area contributed by atoms with E-state index in [0.29, 0.717) is 0 Å². The highest BCUT2D eigenvalue weighted by atomic mass is 32.1. The Morgan fingerprint density at radius 2 is 1.62 bits per heavy atom. The first-order valence-electron chi connectivity index (χ1n) is 6.56. The molecule has 0 saturated heterocycles. The van der Waals surface area contributed by atoms with Crippen molar-refractivity contribution < 1.29 is 4.92 Å². The first-order valence-corrected chi connectivity index (χ1v) is 7.37. The van der Waals surface area contributed by atoms with Crippen LogP contribution in [0.2, 0.25) is 0 Å². The number of nitro benzene ring substituents is 1. The molecule has 0 aliphatic rings. The molecule has 0 aliphatic heterocycles. The Labute approximate surface area is 126 Å². The van der Waals surface area contributed by atoms with Crippen LogP contribution in [0.5, 0.6) is 0 Å². The second-order valence-corrected chi connectivity index (χ2v) is 5.84. The molecule has 0 radical (unpaired) electrons. The molecule has 3 rings (SSSR count). The van der Waals surface area contributed by atoms with Crippen molar-refractivity contribution >= 4 is 17.0 Å². The minimum atomic E-state index is -0.376. The van der Waals surface area contributed by atoms with E-state index in [-0.39, 0.29) is 10.6 Å². The lowest BCUT2D eigenvalue weighted by molar-refractivity contribution is -0.384. The number of hydrogen-bond acceptors (Lipinski definition) is 3. The van der Waals surface area contributed by atoms with Crippen LogP contribution in [0, 0.1) is 17.0 Å². The van der Waals surface area contributed by atoms with Gasteiger partial charge < -0.3 is 0 Å². The molecule has 2 aromatic carbocycles. The summed E-state index contributed by atoms with van der Waals surface area (Å²) >= 11 is 1.71. The molecule has 0 amide bonds. The Morgan fingerprint density at radius 3 is 2.24 bits per heavy atom. The van der Waals surface area contributed by atoms with Crippen molar-refractivity contribution in [2.24, 2.45) is 0 Å². The quantitative estimate of drug-likeness (QED) is 0.486. The number of non-ortho nitro benzene ring substituents is 1. The summed E-state index contributed by atoms with van der Waals surface area (Å²) in [6.07, 6.45) is 0. The van der Waals surface area contributed by atoms with Gasteiger partial charge in [0.05, 0.1) is 4.92 Å². The molecule has 0 bridgehead atoms. The van der Waals surface area contributed by atoms with Gasteiger partial charge >= 0.3 is 0 Å². The van der Waals surface area contributed by atoms with Crippen molar-refractivity contribution in [3.8, 4) is 20.9 Å². The van der Waals surface area contributed by atoms with E-state index in [9.17, 15) is 10.1 Å². The second-order valence-electron chi connectivity index (χ2n) is 4.79. The number of aryl methyl sites for hydroxylation is 1. The van der Waals surface area contributed by atoms with Crippen molar-refractivity contribution in [1.29, 1.82) is 0 Å². The molecule has 4 heteroatoms. The molecule has 3 aromatic rings. The Bertz CT molecular complexity index is 776. The largest absolute Gasteiger partial charge is 0.269 e. The molecule has 1 heterocycles. The van der Waals surface area contributed by atoms with E-state index < -0.39 is 0 Å². The summed E-state index contributed by atoms with van der Waals surface area (Å²) in [4.78, 5) is 12.7. The van der Waals surface area contributed by atoms with Gasteiger partial charge in [-0.2, -0.15) is 0 Å². The summed E-state index contributed by atoms with van der Waals surface area (Å²) in [7, 11) is 0. The Hall–Kier alpha value is -2.46. The predicted octanol–water partition coefficient (Wildman–Crippen LogP) is 5.30. The average Bonchev–Trinajstić information content (AvgIpc) is 2.90. The lowest BCUT2D eigenvalue weighted by Gasteiger charge is -1.98. The van der Waals surface area contributed by atoms with Crippen molar-refractivity contribution in [3.63, 3.8) is 0 Å². The number of benzene rings is 2. The van der Waals surface area contributed by atoms with Crippen LogP contribution in [0.25, 0.3) is 20.9 Å². The third-order valence-electron chi connectivity index (χ3n) is 3.32. The predicted molar refractivity (Wildman–Crippen MR) is 86.6 cm³/mol. The highest BCUT2D eigenvalue weighted by molar-refractivity contribution is 7.19. The summed E-state index contributed by atoms with van der Waals surface area (Å²) < 4.78 is 0. The standard InChI is InChI=1S/C17H13NO2S/c1-12-11-16(13-7-9-15(10-8-13)18(19)20)21-17(12)14-5-3-2-4-6-14/h2-11H,1H3. The molecule has 0 atom stereocenters. The monoisotopic (exact) mass is 295 g/mol. The van der Waals surface area contributed by atoms with Gasteiger partial charge in [0.25, 0.3) is 5.69 Å². The van der Waals surface area contributed by atoms with Gasteiger partial charge in [-0.05, 0) is 41.8 Å². The van der Waals surface area contributed by atoms with Gasteiger partial charge in [0.15, 0.2) is 0 Å². The van der Waals surface area contributed by atoms with E-state index in [1.165, 1.54) is 16.0 Å². The summed E-state index contributed by atoms with van der Waals surface area (Å²) in [6.45, 7) is 2.09. The smallest absolute Gasteiger partial charge is 0.258 e. The molecule has 0 unspecified atom stereocenters. The summed E-state index contributed by atoms with van der Waals surface area (Å²) in [5.74, 6) is 0. The van der Waals surface area contributed by atoms with Crippen LogP contribution < -0.4 is 0 Å². The highest BCUT2D eigenvalue weighted by Crippen LogP contribution is 2.38. The van der Waals surface area contributed by atoms with E-state index >= 15 is 0 Å². The van der Waals surface area contributed by atoms with Crippen molar-refractivity contribution in [2.75, 3.05) is 0 Å². The van der Waals surface area contributed by atoms with Crippen molar-refractivity contribution in [2.45, 2.75) is 6.92 Å². The number of nitrogens with zero attached hydrogens (tertiary/aromatic N) is 1. The van der Waals surface area contributed by atoms with Gasteiger partial charge in [0.2, 0.25) is 0 Å². The number of nitro groups is 1. The molecule has 1 aromatic heterocycles. The molecule has 21 heavy (non-hydrogen) atoms. The fourth-order valence-corrected chi connectivity index (χ4v) is 3.43. The molecule has 0 spiro atoms. The summed E-state index contributed by atoms with van der Waals surface area (Å²) in [5, 5.41) is 10.7. The van der Waals surface area contributed by atoms with Gasteiger partial charge in [-0.25, -0.2) is 0 Å². The Morgan fingerprint density at radius 1 is 0.952 bits per heavy atom. The van der Waals surface area contributed by atoms with Crippen LogP contribution in [0.4, 0.5) is 5.69 Å². The van der Waals surface area contributed by atoms with Crippen LogP contribution in [-0.2, 0) is 0 Å². The van der Waals surface area contributed by atoms with Crippen LogP contribution in [0.3, 0.4) is 0 Å². The Balaban J connectivity index is 1.99. The molecule has 0 N–H and O–H groups in total. The molecule has 3 nitrogen and oxygen atoms in total. The topological polar surface area (TPSA) is 43.1 Å². The van der Waals surface area contributed by atoms with E-state index in [4.69, 9.17) is 0 Å². The van der Waals surface area contributed by atoms with Crippen molar-refractivity contribution in [1.82, 2.24) is 0 Å². The van der Waals surface area contributed by atoms with Crippen LogP contribution in [0.1, 0.15) is 5.56 Å². The van der Waals surface area contributed by atoms with E-state index in [1.54, 1.807) is 35.6 Å². The van der Waals surface area contributed by atoms with Crippen LogP contribution in [0.15, 0.2) is 60.7 Å². The minimum Gasteiger partial charge on any atom is -0.258 e. The van der Waals surface area contributed by atoms with Crippen molar-refractivity contribution in [3.05, 3.63) is 76.3 Å². The van der Waals surface area contributed by atoms with Gasteiger partial charge in [0, 0.05) is 21.9 Å². The average molecular weight is 295 g/mol. The first-order chi connectivity index (χ1) is 10.1. The van der Waals surface area contributed by atoms with E-state index in [1.807, 2.05) is 18.2 Å². The maximum atomic E-state index is 10.7. The third-order valence-corrected chi connectivity index (χ3v) is 4.65. The third kappa shape index (κ3) is 2.71. The summed E-state index contributed by atoms with van der Waals surface area (Å²) in [5.41, 5.74) is 3.55. The maximum absolute atomic E-state index is 10.7. The number of thiophene rings is 1. The van der Waals surface area contributed by atoms with Gasteiger partial charge in [-0.1, -0.05) is 30.3 Å². The zero-order valence-corrected chi connectivity index (χ0v) is 12.3. The van der Waals surface area contributed by atoms with Crippen LogP contribution in [-0.4, -0.2) is 4.92 Å². The molecule has 0 aliphatic carbocycles. The first kappa shape index (κ1) is 13.5. The highest BCUT2D eigenvalue weighted by Gasteiger charge is 2.10. The fourth-order valence-electron chi connectivity index (χ4n) is 2.25. The van der Waals surface area contributed by atoms with Crippen LogP contribution >= 0.6 is 11.3 Å². The maximum Gasteiger partial charge on any atom is 0.269 e. The van der Waals surface area contributed by atoms with Gasteiger partial charge in [0.1, 0.15) is 0 Å². The zero-order valence-electron chi connectivity index (χ0n) is 11.4. The summed E-state index contributed by atoms with van der Waals surface area (Å²) in [6, 6.07) is 19.1.